The second kappa shape index (κ2) is 8.27. The molecule has 1 unspecified atom stereocenters. The van der Waals surface area contributed by atoms with E-state index in [1.807, 2.05) is 42.5 Å². The van der Waals surface area contributed by atoms with Gasteiger partial charge in [-0.05, 0) is 36.2 Å². The highest BCUT2D eigenvalue weighted by Crippen LogP contribution is 2.23. The van der Waals surface area contributed by atoms with Crippen molar-refractivity contribution in [3.63, 3.8) is 0 Å². The van der Waals surface area contributed by atoms with Gasteiger partial charge in [-0.2, -0.15) is 4.91 Å². The average Bonchev–Trinajstić information content (AvgIpc) is 2.64. The van der Waals surface area contributed by atoms with Crippen LogP contribution >= 0.6 is 11.6 Å². The Morgan fingerprint density at radius 2 is 1.62 bits per heavy atom. The Hall–Kier alpha value is -1.91. The molecule has 1 saturated heterocycles. The Labute approximate surface area is 148 Å². The lowest BCUT2D eigenvalue weighted by atomic mass is 10.0. The van der Waals surface area contributed by atoms with E-state index in [-0.39, 0.29) is 6.04 Å². The molecule has 2 aromatic carbocycles. The van der Waals surface area contributed by atoms with Crippen LogP contribution in [-0.2, 0) is 0 Å². The number of piperazine rings is 1. The van der Waals surface area contributed by atoms with Crippen LogP contribution in [0.2, 0.25) is 5.02 Å². The molecular weight excluding hydrogens is 322 g/mol. The van der Waals surface area contributed by atoms with E-state index in [4.69, 9.17) is 11.6 Å². The summed E-state index contributed by atoms with van der Waals surface area (Å²) in [4.78, 5) is 15.9. The highest BCUT2D eigenvalue weighted by atomic mass is 35.5. The van der Waals surface area contributed by atoms with E-state index in [0.29, 0.717) is 0 Å². The first-order valence-electron chi connectivity index (χ1n) is 8.36. The summed E-state index contributed by atoms with van der Waals surface area (Å²) in [5.74, 6) is 0. The van der Waals surface area contributed by atoms with Crippen molar-refractivity contribution in [2.45, 2.75) is 12.5 Å². The molecule has 0 aliphatic carbocycles. The van der Waals surface area contributed by atoms with E-state index in [1.165, 1.54) is 5.69 Å². The van der Waals surface area contributed by atoms with Gasteiger partial charge in [-0.25, -0.2) is 0 Å². The number of rotatable bonds is 6. The number of nitrogens with zero attached hydrogens (tertiary/aromatic N) is 3. The Morgan fingerprint density at radius 3 is 2.25 bits per heavy atom. The largest absolute Gasteiger partial charge is 0.369 e. The monoisotopic (exact) mass is 343 g/mol. The zero-order chi connectivity index (χ0) is 16.8. The molecule has 1 aliphatic heterocycles. The predicted molar refractivity (Wildman–Crippen MR) is 99.7 cm³/mol. The van der Waals surface area contributed by atoms with Gasteiger partial charge in [0, 0.05) is 43.4 Å². The summed E-state index contributed by atoms with van der Waals surface area (Å²) in [6.45, 7) is 4.89. The smallest absolute Gasteiger partial charge is 0.118 e. The van der Waals surface area contributed by atoms with Crippen molar-refractivity contribution < 1.29 is 0 Å². The van der Waals surface area contributed by atoms with E-state index >= 15 is 0 Å². The van der Waals surface area contributed by atoms with Crippen LogP contribution < -0.4 is 4.90 Å². The van der Waals surface area contributed by atoms with E-state index in [1.54, 1.807) is 0 Å². The highest BCUT2D eigenvalue weighted by molar-refractivity contribution is 6.30. The summed E-state index contributed by atoms with van der Waals surface area (Å²) in [6.07, 6.45) is 0.772. The van der Waals surface area contributed by atoms with Gasteiger partial charge < -0.3 is 4.90 Å². The first kappa shape index (κ1) is 16.9. The second-order valence-electron chi connectivity index (χ2n) is 6.13. The summed E-state index contributed by atoms with van der Waals surface area (Å²) in [5.41, 5.74) is 2.23. The quantitative estimate of drug-likeness (QED) is 0.731. The molecule has 1 atom stereocenters. The SMILES string of the molecule is O=NC(CCN1CCN(c2ccc(Cl)cc2)CC1)c1ccccc1. The molecule has 0 spiro atoms. The Balaban J connectivity index is 1.48. The molecule has 0 N–H and O–H groups in total. The fraction of sp³-hybridized carbons (Fsp3) is 0.368. The summed E-state index contributed by atoms with van der Waals surface area (Å²) < 4.78 is 0. The third kappa shape index (κ3) is 4.34. The molecule has 1 aliphatic rings. The average molecular weight is 344 g/mol. The van der Waals surface area contributed by atoms with Gasteiger partial charge in [0.25, 0.3) is 0 Å². The van der Waals surface area contributed by atoms with E-state index in [0.717, 1.165) is 49.7 Å². The van der Waals surface area contributed by atoms with E-state index < -0.39 is 0 Å². The maximum Gasteiger partial charge on any atom is 0.118 e. The van der Waals surface area contributed by atoms with Crippen molar-refractivity contribution >= 4 is 17.3 Å². The van der Waals surface area contributed by atoms with E-state index in [2.05, 4.69) is 27.1 Å². The molecule has 5 heteroatoms. The highest BCUT2D eigenvalue weighted by Gasteiger charge is 2.19. The number of benzene rings is 2. The number of halogens is 1. The number of hydrogen-bond acceptors (Lipinski definition) is 4. The van der Waals surface area contributed by atoms with Crippen LogP contribution in [0, 0.1) is 4.91 Å². The third-order valence-corrected chi connectivity index (χ3v) is 4.85. The summed E-state index contributed by atoms with van der Waals surface area (Å²) in [6, 6.07) is 17.6. The minimum absolute atomic E-state index is 0.250. The second-order valence-corrected chi connectivity index (χ2v) is 6.56. The van der Waals surface area contributed by atoms with Gasteiger partial charge in [-0.1, -0.05) is 47.1 Å². The standard InChI is InChI=1S/C19H22ClN3O/c20-17-6-8-18(9-7-17)23-14-12-22(13-15-23)11-10-19(21-24)16-4-2-1-3-5-16/h1-9,19H,10-15H2. The molecular formula is C19H22ClN3O. The van der Waals surface area contributed by atoms with Gasteiger partial charge in [-0.15, -0.1) is 0 Å². The Bertz CT molecular complexity index is 639. The zero-order valence-corrected chi connectivity index (χ0v) is 14.4. The van der Waals surface area contributed by atoms with Crippen LogP contribution in [0.1, 0.15) is 18.0 Å². The van der Waals surface area contributed by atoms with Crippen molar-refractivity contribution in [2.75, 3.05) is 37.6 Å². The predicted octanol–water partition coefficient (Wildman–Crippen LogP) is 4.36. The van der Waals surface area contributed by atoms with Crippen molar-refractivity contribution in [3.8, 4) is 0 Å². The van der Waals surface area contributed by atoms with Crippen LogP contribution in [0.25, 0.3) is 0 Å². The van der Waals surface area contributed by atoms with Crippen LogP contribution in [0.4, 0.5) is 5.69 Å². The molecule has 1 heterocycles. The fourth-order valence-electron chi connectivity index (χ4n) is 3.14. The summed E-state index contributed by atoms with van der Waals surface area (Å²) in [5, 5.41) is 4.08. The van der Waals surface area contributed by atoms with Crippen LogP contribution in [0.5, 0.6) is 0 Å². The van der Waals surface area contributed by atoms with Crippen molar-refractivity contribution in [3.05, 3.63) is 70.1 Å². The molecule has 0 saturated carbocycles. The minimum atomic E-state index is -0.250. The van der Waals surface area contributed by atoms with Gasteiger partial charge in [-0.3, -0.25) is 4.90 Å². The van der Waals surface area contributed by atoms with Gasteiger partial charge in [0.1, 0.15) is 6.04 Å². The van der Waals surface area contributed by atoms with Crippen molar-refractivity contribution in [2.24, 2.45) is 5.18 Å². The first-order valence-corrected chi connectivity index (χ1v) is 8.74. The molecule has 0 bridgehead atoms. The Morgan fingerprint density at radius 1 is 0.958 bits per heavy atom. The number of nitroso groups, excluding NO2 is 1. The maximum absolute atomic E-state index is 11.2. The molecule has 1 fully saturated rings. The van der Waals surface area contributed by atoms with Gasteiger partial charge >= 0.3 is 0 Å². The van der Waals surface area contributed by atoms with Gasteiger partial charge in [0.05, 0.1) is 0 Å². The lowest BCUT2D eigenvalue weighted by Gasteiger charge is -2.36. The number of anilines is 1. The van der Waals surface area contributed by atoms with Crippen LogP contribution in [0.3, 0.4) is 0 Å². The van der Waals surface area contributed by atoms with Gasteiger partial charge in [0.2, 0.25) is 0 Å². The third-order valence-electron chi connectivity index (χ3n) is 4.59. The minimum Gasteiger partial charge on any atom is -0.369 e. The lowest BCUT2D eigenvalue weighted by molar-refractivity contribution is 0.248. The molecule has 0 radical (unpaired) electrons. The van der Waals surface area contributed by atoms with Crippen molar-refractivity contribution in [1.82, 2.24) is 4.90 Å². The van der Waals surface area contributed by atoms with Crippen LogP contribution in [-0.4, -0.2) is 37.6 Å². The molecule has 126 valence electrons. The van der Waals surface area contributed by atoms with Crippen molar-refractivity contribution in [1.29, 1.82) is 0 Å². The summed E-state index contributed by atoms with van der Waals surface area (Å²) in [7, 11) is 0. The topological polar surface area (TPSA) is 35.9 Å². The Kier molecular flexibility index (Phi) is 5.83. The number of hydrogen-bond donors (Lipinski definition) is 0. The van der Waals surface area contributed by atoms with Gasteiger partial charge in [0.15, 0.2) is 0 Å². The summed E-state index contributed by atoms with van der Waals surface area (Å²) >= 11 is 5.95. The fourth-order valence-corrected chi connectivity index (χ4v) is 3.27. The molecule has 24 heavy (non-hydrogen) atoms. The zero-order valence-electron chi connectivity index (χ0n) is 13.6. The molecule has 0 amide bonds. The first-order chi connectivity index (χ1) is 11.8. The normalized spacial score (nSPS) is 16.8. The lowest BCUT2D eigenvalue weighted by Crippen LogP contribution is -2.46. The maximum atomic E-state index is 11.2. The molecule has 2 aromatic rings. The molecule has 3 rings (SSSR count). The van der Waals surface area contributed by atoms with E-state index in [9.17, 15) is 4.91 Å². The molecule has 0 aromatic heterocycles. The molecule has 4 nitrogen and oxygen atoms in total. The van der Waals surface area contributed by atoms with Crippen LogP contribution in [0.15, 0.2) is 59.8 Å².